The number of hydrogen-bond donors (Lipinski definition) is 1. The van der Waals surface area contributed by atoms with Gasteiger partial charge in [0.1, 0.15) is 5.60 Å². The summed E-state index contributed by atoms with van der Waals surface area (Å²) in [5.41, 5.74) is 1.22. The second-order valence-electron chi connectivity index (χ2n) is 5.81. The summed E-state index contributed by atoms with van der Waals surface area (Å²) in [6.45, 7) is 5.94. The van der Waals surface area contributed by atoms with Gasteiger partial charge in [-0.15, -0.1) is 11.3 Å². The van der Waals surface area contributed by atoms with Gasteiger partial charge in [-0.2, -0.15) is 5.26 Å². The number of nitriles is 1. The van der Waals surface area contributed by atoms with Crippen molar-refractivity contribution in [3.8, 4) is 16.5 Å². The molecular weight excluding hydrogens is 296 g/mol. The van der Waals surface area contributed by atoms with Gasteiger partial charge < -0.3 is 10.1 Å². The SMILES string of the molecule is CC(C)(C)OC(=O)NCc1ccc(-c2ccc(C#N)cc2)s1. The molecule has 1 N–H and O–H groups in total. The van der Waals surface area contributed by atoms with Crippen LogP contribution >= 0.6 is 11.3 Å². The third-order valence-electron chi connectivity index (χ3n) is 2.77. The van der Waals surface area contributed by atoms with Crippen LogP contribution in [0.25, 0.3) is 10.4 Å². The lowest BCUT2D eigenvalue weighted by Crippen LogP contribution is -2.31. The first kappa shape index (κ1) is 16.1. The average Bonchev–Trinajstić information content (AvgIpc) is 2.92. The highest BCUT2D eigenvalue weighted by atomic mass is 32.1. The van der Waals surface area contributed by atoms with Crippen LogP contribution in [0.1, 0.15) is 31.2 Å². The van der Waals surface area contributed by atoms with Gasteiger partial charge in [-0.3, -0.25) is 0 Å². The maximum absolute atomic E-state index is 11.6. The monoisotopic (exact) mass is 314 g/mol. The van der Waals surface area contributed by atoms with Crippen molar-refractivity contribution in [2.45, 2.75) is 32.9 Å². The van der Waals surface area contributed by atoms with Crippen molar-refractivity contribution in [1.29, 1.82) is 5.26 Å². The van der Waals surface area contributed by atoms with Crippen molar-refractivity contribution in [1.82, 2.24) is 5.32 Å². The zero-order valence-electron chi connectivity index (χ0n) is 12.8. The molecule has 1 heterocycles. The van der Waals surface area contributed by atoms with Crippen LogP contribution in [0.2, 0.25) is 0 Å². The van der Waals surface area contributed by atoms with Crippen molar-refractivity contribution < 1.29 is 9.53 Å². The van der Waals surface area contributed by atoms with Gasteiger partial charge in [-0.05, 0) is 50.6 Å². The number of carbonyl (C=O) groups excluding carboxylic acids is 1. The molecule has 114 valence electrons. The summed E-state index contributed by atoms with van der Waals surface area (Å²) in [6, 6.07) is 13.5. The first-order chi connectivity index (χ1) is 10.4. The predicted molar refractivity (Wildman–Crippen MR) is 87.5 cm³/mol. The molecule has 0 aliphatic rings. The molecule has 5 heteroatoms. The lowest BCUT2D eigenvalue weighted by molar-refractivity contribution is 0.0524. The van der Waals surface area contributed by atoms with E-state index < -0.39 is 11.7 Å². The van der Waals surface area contributed by atoms with E-state index in [-0.39, 0.29) is 0 Å². The van der Waals surface area contributed by atoms with Crippen LogP contribution in [0.4, 0.5) is 4.79 Å². The molecule has 0 saturated carbocycles. The molecule has 0 aliphatic heterocycles. The van der Waals surface area contributed by atoms with Crippen molar-refractivity contribution in [2.24, 2.45) is 0 Å². The maximum Gasteiger partial charge on any atom is 0.407 e. The van der Waals surface area contributed by atoms with Crippen molar-refractivity contribution in [3.05, 3.63) is 46.8 Å². The van der Waals surface area contributed by atoms with E-state index in [0.717, 1.165) is 15.3 Å². The number of rotatable bonds is 3. The van der Waals surface area contributed by atoms with Gasteiger partial charge in [0.15, 0.2) is 0 Å². The summed E-state index contributed by atoms with van der Waals surface area (Å²) < 4.78 is 5.20. The normalized spacial score (nSPS) is 10.8. The molecule has 1 amide bonds. The van der Waals surface area contributed by atoms with Crippen LogP contribution in [0.15, 0.2) is 36.4 Å². The molecule has 0 radical (unpaired) electrons. The molecule has 2 aromatic rings. The topological polar surface area (TPSA) is 62.1 Å². The fourth-order valence-corrected chi connectivity index (χ4v) is 2.76. The number of amides is 1. The molecule has 0 atom stereocenters. The van der Waals surface area contributed by atoms with Gasteiger partial charge in [-0.25, -0.2) is 4.79 Å². The smallest absolute Gasteiger partial charge is 0.407 e. The summed E-state index contributed by atoms with van der Waals surface area (Å²) in [4.78, 5) is 13.8. The van der Waals surface area contributed by atoms with Gasteiger partial charge in [0.25, 0.3) is 0 Å². The number of ether oxygens (including phenoxy) is 1. The van der Waals surface area contributed by atoms with E-state index in [0.29, 0.717) is 12.1 Å². The summed E-state index contributed by atoms with van der Waals surface area (Å²) in [5.74, 6) is 0. The highest BCUT2D eigenvalue weighted by Gasteiger charge is 2.15. The fourth-order valence-electron chi connectivity index (χ4n) is 1.81. The van der Waals surface area contributed by atoms with E-state index in [1.54, 1.807) is 23.5 Å². The first-order valence-corrected chi connectivity index (χ1v) is 7.75. The minimum Gasteiger partial charge on any atom is -0.444 e. The Labute approximate surface area is 134 Å². The van der Waals surface area contributed by atoms with Crippen molar-refractivity contribution in [3.63, 3.8) is 0 Å². The van der Waals surface area contributed by atoms with Crippen molar-refractivity contribution in [2.75, 3.05) is 0 Å². The Morgan fingerprint density at radius 2 is 1.91 bits per heavy atom. The van der Waals surface area contributed by atoms with Crippen LogP contribution in [-0.2, 0) is 11.3 Å². The Hall–Kier alpha value is -2.32. The molecule has 0 spiro atoms. The maximum atomic E-state index is 11.6. The minimum absolute atomic E-state index is 0.416. The van der Waals surface area contributed by atoms with Gasteiger partial charge in [0, 0.05) is 9.75 Å². The second-order valence-corrected chi connectivity index (χ2v) is 6.98. The summed E-state index contributed by atoms with van der Waals surface area (Å²) >= 11 is 1.61. The number of carbonyl (C=O) groups is 1. The fraction of sp³-hybridized carbons (Fsp3) is 0.294. The summed E-state index contributed by atoms with van der Waals surface area (Å²) in [7, 11) is 0. The molecule has 1 aromatic carbocycles. The van der Waals surface area contributed by atoms with Crippen LogP contribution in [0, 0.1) is 11.3 Å². The minimum atomic E-state index is -0.493. The van der Waals surface area contributed by atoms with E-state index in [1.165, 1.54) is 0 Å². The van der Waals surface area contributed by atoms with E-state index in [2.05, 4.69) is 11.4 Å². The Kier molecular flexibility index (Phi) is 4.84. The zero-order valence-corrected chi connectivity index (χ0v) is 13.7. The lowest BCUT2D eigenvalue weighted by atomic mass is 10.1. The standard InChI is InChI=1S/C17H18N2O2S/c1-17(2,3)21-16(20)19-11-14-8-9-15(22-14)13-6-4-12(10-18)5-7-13/h4-9H,11H2,1-3H3,(H,19,20). The van der Waals surface area contributed by atoms with Gasteiger partial charge in [0.05, 0.1) is 18.2 Å². The molecule has 0 aliphatic carbocycles. The highest BCUT2D eigenvalue weighted by Crippen LogP contribution is 2.28. The van der Waals surface area contributed by atoms with Gasteiger partial charge in [0.2, 0.25) is 0 Å². The molecular formula is C17H18N2O2S. The number of alkyl carbamates (subject to hydrolysis) is 1. The predicted octanol–water partition coefficient (Wildman–Crippen LogP) is 4.31. The van der Waals surface area contributed by atoms with E-state index in [1.807, 2.05) is 45.0 Å². The molecule has 1 aromatic heterocycles. The largest absolute Gasteiger partial charge is 0.444 e. The molecule has 0 saturated heterocycles. The molecule has 0 bridgehead atoms. The molecule has 22 heavy (non-hydrogen) atoms. The molecule has 2 rings (SSSR count). The Bertz CT molecular complexity index is 691. The third-order valence-corrected chi connectivity index (χ3v) is 3.90. The lowest BCUT2D eigenvalue weighted by Gasteiger charge is -2.19. The van der Waals surface area contributed by atoms with Crippen molar-refractivity contribution >= 4 is 17.4 Å². The van der Waals surface area contributed by atoms with E-state index >= 15 is 0 Å². The molecule has 0 fully saturated rings. The highest BCUT2D eigenvalue weighted by molar-refractivity contribution is 7.15. The third kappa shape index (κ3) is 4.61. The van der Waals surface area contributed by atoms with Crippen LogP contribution in [0.5, 0.6) is 0 Å². The quantitative estimate of drug-likeness (QED) is 0.918. The van der Waals surface area contributed by atoms with E-state index in [4.69, 9.17) is 10.00 Å². The number of nitrogens with one attached hydrogen (secondary N) is 1. The van der Waals surface area contributed by atoms with Gasteiger partial charge >= 0.3 is 6.09 Å². The van der Waals surface area contributed by atoms with Crippen LogP contribution in [-0.4, -0.2) is 11.7 Å². The Morgan fingerprint density at radius 3 is 2.50 bits per heavy atom. The number of benzene rings is 1. The number of nitrogens with zero attached hydrogens (tertiary/aromatic N) is 1. The van der Waals surface area contributed by atoms with Gasteiger partial charge in [-0.1, -0.05) is 12.1 Å². The molecule has 4 nitrogen and oxygen atoms in total. The number of hydrogen-bond acceptors (Lipinski definition) is 4. The van der Waals surface area contributed by atoms with Crippen LogP contribution in [0.3, 0.4) is 0 Å². The average molecular weight is 314 g/mol. The Morgan fingerprint density at radius 1 is 1.23 bits per heavy atom. The zero-order chi connectivity index (χ0) is 16.2. The second kappa shape index (κ2) is 6.63. The van der Waals surface area contributed by atoms with E-state index in [9.17, 15) is 4.79 Å². The summed E-state index contributed by atoms with van der Waals surface area (Å²) in [6.07, 6.45) is -0.416. The number of thiophene rings is 1. The van der Waals surface area contributed by atoms with Crippen LogP contribution < -0.4 is 5.32 Å². The molecule has 0 unspecified atom stereocenters. The Balaban J connectivity index is 1.97. The summed E-state index contributed by atoms with van der Waals surface area (Å²) in [5, 5.41) is 11.6. The first-order valence-electron chi connectivity index (χ1n) is 6.93.